The summed E-state index contributed by atoms with van der Waals surface area (Å²) in [6, 6.07) is 24.2. The van der Waals surface area contributed by atoms with Gasteiger partial charge in [-0.3, -0.25) is 9.59 Å². The lowest BCUT2D eigenvalue weighted by atomic mass is 10.1. The van der Waals surface area contributed by atoms with Gasteiger partial charge >= 0.3 is 0 Å². The summed E-state index contributed by atoms with van der Waals surface area (Å²) in [5.41, 5.74) is 1.74. The molecule has 1 heterocycles. The van der Waals surface area contributed by atoms with Crippen molar-refractivity contribution in [3.8, 4) is 5.75 Å². The predicted molar refractivity (Wildman–Crippen MR) is 126 cm³/mol. The van der Waals surface area contributed by atoms with Crippen molar-refractivity contribution < 1.29 is 9.53 Å². The summed E-state index contributed by atoms with van der Waals surface area (Å²) in [6.07, 6.45) is 0. The van der Waals surface area contributed by atoms with Gasteiger partial charge in [-0.1, -0.05) is 62.4 Å². The van der Waals surface area contributed by atoms with E-state index in [0.717, 1.165) is 5.56 Å². The summed E-state index contributed by atoms with van der Waals surface area (Å²) < 4.78 is 7.17. The lowest BCUT2D eigenvalue weighted by Crippen LogP contribution is -2.29. The Kier molecular flexibility index (Phi) is 6.31. The smallest absolute Gasteiger partial charge is 0.276 e. The fraction of sp³-hybridized carbons (Fsp3) is 0.192. The highest BCUT2D eigenvalue weighted by atomic mass is 16.5. The molecular formula is C26H25N3O3. The molecule has 4 aromatic rings. The quantitative estimate of drug-likeness (QED) is 0.456. The number of hydrogen-bond donors (Lipinski definition) is 1. The summed E-state index contributed by atoms with van der Waals surface area (Å²) in [6.45, 7) is 4.92. The van der Waals surface area contributed by atoms with Crippen LogP contribution in [-0.4, -0.2) is 15.7 Å². The van der Waals surface area contributed by atoms with Crippen molar-refractivity contribution in [1.82, 2.24) is 9.78 Å². The maximum atomic E-state index is 13.1. The van der Waals surface area contributed by atoms with Gasteiger partial charge in [0.1, 0.15) is 12.4 Å². The van der Waals surface area contributed by atoms with Crippen LogP contribution in [-0.2, 0) is 13.2 Å². The molecule has 0 saturated heterocycles. The number of fused-ring (bicyclic) bond motifs is 1. The molecule has 0 aliphatic carbocycles. The van der Waals surface area contributed by atoms with Crippen LogP contribution in [0.5, 0.6) is 5.75 Å². The van der Waals surface area contributed by atoms with Crippen molar-refractivity contribution in [2.75, 3.05) is 5.32 Å². The summed E-state index contributed by atoms with van der Waals surface area (Å²) in [7, 11) is 0. The van der Waals surface area contributed by atoms with Crippen LogP contribution in [0, 0.1) is 5.92 Å². The van der Waals surface area contributed by atoms with E-state index in [1.165, 1.54) is 4.68 Å². The third-order valence-electron chi connectivity index (χ3n) is 4.98. The Morgan fingerprint density at radius 3 is 2.28 bits per heavy atom. The van der Waals surface area contributed by atoms with E-state index in [1.807, 2.05) is 56.3 Å². The molecule has 0 radical (unpaired) electrons. The topological polar surface area (TPSA) is 73.2 Å². The number of carbonyl (C=O) groups excluding carboxylic acids is 1. The van der Waals surface area contributed by atoms with Gasteiger partial charge in [0.2, 0.25) is 0 Å². The van der Waals surface area contributed by atoms with Crippen LogP contribution in [0.25, 0.3) is 10.8 Å². The van der Waals surface area contributed by atoms with Gasteiger partial charge < -0.3 is 10.1 Å². The molecule has 162 valence electrons. The number of nitrogens with one attached hydrogen (secondary N) is 1. The first-order valence-electron chi connectivity index (χ1n) is 10.6. The van der Waals surface area contributed by atoms with Gasteiger partial charge in [-0.25, -0.2) is 4.68 Å². The molecule has 0 bridgehead atoms. The van der Waals surface area contributed by atoms with Crippen molar-refractivity contribution in [1.29, 1.82) is 0 Å². The minimum atomic E-state index is -0.364. The molecule has 0 unspecified atom stereocenters. The third-order valence-corrected chi connectivity index (χ3v) is 4.98. The van der Waals surface area contributed by atoms with Crippen molar-refractivity contribution >= 4 is 22.4 Å². The third kappa shape index (κ3) is 4.86. The van der Waals surface area contributed by atoms with Gasteiger partial charge in [-0.2, -0.15) is 5.10 Å². The van der Waals surface area contributed by atoms with Crippen molar-refractivity contribution in [3.05, 3.63) is 100 Å². The highest BCUT2D eigenvalue weighted by Gasteiger charge is 2.17. The number of hydrogen-bond acceptors (Lipinski definition) is 4. The van der Waals surface area contributed by atoms with Crippen molar-refractivity contribution in [2.24, 2.45) is 5.92 Å². The van der Waals surface area contributed by atoms with E-state index >= 15 is 0 Å². The molecule has 0 saturated carbocycles. The molecule has 0 spiro atoms. The minimum Gasteiger partial charge on any atom is -0.489 e. The first-order chi connectivity index (χ1) is 15.5. The molecule has 6 heteroatoms. The number of rotatable bonds is 7. The number of aromatic nitrogens is 2. The summed E-state index contributed by atoms with van der Waals surface area (Å²) in [4.78, 5) is 25.8. The Morgan fingerprint density at radius 2 is 1.59 bits per heavy atom. The van der Waals surface area contributed by atoms with E-state index in [-0.39, 0.29) is 23.1 Å². The maximum Gasteiger partial charge on any atom is 0.276 e. The maximum absolute atomic E-state index is 13.1. The van der Waals surface area contributed by atoms with Gasteiger partial charge in [0.15, 0.2) is 5.69 Å². The van der Waals surface area contributed by atoms with Crippen LogP contribution in [0.4, 0.5) is 5.69 Å². The van der Waals surface area contributed by atoms with E-state index in [2.05, 4.69) is 10.4 Å². The van der Waals surface area contributed by atoms with Gasteiger partial charge in [-0.05, 0) is 41.8 Å². The zero-order valence-corrected chi connectivity index (χ0v) is 18.1. The first-order valence-corrected chi connectivity index (χ1v) is 10.6. The number of anilines is 1. The SMILES string of the molecule is CC(C)Cn1nc(C(=O)Nc2ccc(OCc3ccccc3)cc2)c2ccccc2c1=O. The Hall–Kier alpha value is -3.93. The second kappa shape index (κ2) is 9.47. The van der Waals surface area contributed by atoms with Crippen LogP contribution in [0.1, 0.15) is 29.9 Å². The number of nitrogens with zero attached hydrogens (tertiary/aromatic N) is 2. The Balaban J connectivity index is 1.53. The molecule has 3 aromatic carbocycles. The standard InChI is InChI=1S/C26H25N3O3/c1-18(2)16-29-26(31)23-11-7-6-10-22(23)24(28-29)25(30)27-20-12-14-21(15-13-20)32-17-19-8-4-3-5-9-19/h3-15,18H,16-17H2,1-2H3,(H,27,30). The van der Waals surface area contributed by atoms with Gasteiger partial charge in [0.25, 0.3) is 11.5 Å². The molecule has 0 aliphatic heterocycles. The Morgan fingerprint density at radius 1 is 0.938 bits per heavy atom. The molecule has 1 amide bonds. The molecule has 1 aromatic heterocycles. The average molecular weight is 428 g/mol. The second-order valence-corrected chi connectivity index (χ2v) is 8.03. The zero-order chi connectivity index (χ0) is 22.5. The number of amides is 1. The van der Waals surface area contributed by atoms with E-state index in [0.29, 0.717) is 35.4 Å². The molecule has 32 heavy (non-hydrogen) atoms. The molecule has 0 atom stereocenters. The van der Waals surface area contributed by atoms with E-state index in [9.17, 15) is 9.59 Å². The van der Waals surface area contributed by atoms with Crippen LogP contribution in [0.2, 0.25) is 0 Å². The van der Waals surface area contributed by atoms with Crippen molar-refractivity contribution in [3.63, 3.8) is 0 Å². The van der Waals surface area contributed by atoms with Crippen LogP contribution in [0.3, 0.4) is 0 Å². The minimum absolute atomic E-state index is 0.189. The first kappa shape index (κ1) is 21.3. The lowest BCUT2D eigenvalue weighted by molar-refractivity contribution is 0.102. The van der Waals surface area contributed by atoms with Gasteiger partial charge in [0, 0.05) is 17.6 Å². The highest BCUT2D eigenvalue weighted by molar-refractivity contribution is 6.11. The van der Waals surface area contributed by atoms with E-state index in [1.54, 1.807) is 36.4 Å². The molecule has 0 aliphatic rings. The fourth-order valence-corrected chi connectivity index (χ4v) is 3.44. The van der Waals surface area contributed by atoms with Crippen LogP contribution in [0.15, 0.2) is 83.7 Å². The van der Waals surface area contributed by atoms with Crippen molar-refractivity contribution in [2.45, 2.75) is 27.0 Å². The molecular weight excluding hydrogens is 402 g/mol. The van der Waals surface area contributed by atoms with E-state index < -0.39 is 0 Å². The fourth-order valence-electron chi connectivity index (χ4n) is 3.44. The summed E-state index contributed by atoms with van der Waals surface area (Å²) in [5, 5.41) is 8.29. The van der Waals surface area contributed by atoms with Crippen LogP contribution >= 0.6 is 0 Å². The van der Waals surface area contributed by atoms with Crippen LogP contribution < -0.4 is 15.6 Å². The molecule has 6 nitrogen and oxygen atoms in total. The summed E-state index contributed by atoms with van der Waals surface area (Å²) in [5.74, 6) is 0.568. The average Bonchev–Trinajstić information content (AvgIpc) is 2.81. The van der Waals surface area contributed by atoms with Gasteiger partial charge in [0.05, 0.1) is 5.39 Å². The van der Waals surface area contributed by atoms with Gasteiger partial charge in [-0.15, -0.1) is 0 Å². The largest absolute Gasteiger partial charge is 0.489 e. The van der Waals surface area contributed by atoms with E-state index in [4.69, 9.17) is 4.74 Å². The second-order valence-electron chi connectivity index (χ2n) is 8.03. The molecule has 1 N–H and O–H groups in total. The zero-order valence-electron chi connectivity index (χ0n) is 18.1. The number of carbonyl (C=O) groups is 1. The highest BCUT2D eigenvalue weighted by Crippen LogP contribution is 2.19. The Labute approximate surface area is 186 Å². The monoisotopic (exact) mass is 427 g/mol. The molecule has 4 rings (SSSR count). The number of benzene rings is 3. The summed E-state index contributed by atoms with van der Waals surface area (Å²) >= 11 is 0. The Bertz CT molecular complexity index is 1280. The normalized spacial score (nSPS) is 11.0. The number of ether oxygens (including phenoxy) is 1. The lowest BCUT2D eigenvalue weighted by Gasteiger charge is -2.13. The predicted octanol–water partition coefficient (Wildman–Crippen LogP) is 4.88. The molecule has 0 fully saturated rings.